The van der Waals surface area contributed by atoms with Crippen LogP contribution in [-0.2, 0) is 17.4 Å². The molecule has 1 fully saturated rings. The number of carbonyl (C=O) groups excluding carboxylic acids is 1. The minimum absolute atomic E-state index is 0.0984. The van der Waals surface area contributed by atoms with Crippen molar-refractivity contribution in [3.63, 3.8) is 0 Å². The van der Waals surface area contributed by atoms with Gasteiger partial charge in [0.15, 0.2) is 0 Å². The van der Waals surface area contributed by atoms with Crippen LogP contribution in [-0.4, -0.2) is 22.4 Å². The number of carbonyl (C=O) groups is 1. The maximum absolute atomic E-state index is 13.0. The molecule has 0 aliphatic heterocycles. The summed E-state index contributed by atoms with van der Waals surface area (Å²) in [5.41, 5.74) is 0.412. The van der Waals surface area contributed by atoms with Crippen molar-refractivity contribution < 1.29 is 18.0 Å². The van der Waals surface area contributed by atoms with Crippen LogP contribution in [0.3, 0.4) is 0 Å². The molecule has 0 atom stereocenters. The predicted molar refractivity (Wildman–Crippen MR) is 91.2 cm³/mol. The third kappa shape index (κ3) is 5.15. The van der Waals surface area contributed by atoms with Crippen molar-refractivity contribution in [2.75, 3.05) is 6.54 Å². The number of benzene rings is 1. The van der Waals surface area contributed by atoms with Crippen molar-refractivity contribution in [1.29, 1.82) is 0 Å². The fraction of sp³-hybridized carbons (Fsp3) is 0.316. The maximum atomic E-state index is 13.0. The summed E-state index contributed by atoms with van der Waals surface area (Å²) in [7, 11) is 0. The van der Waals surface area contributed by atoms with E-state index in [1.165, 1.54) is 6.08 Å². The van der Waals surface area contributed by atoms with Gasteiger partial charge in [-0.2, -0.15) is 13.2 Å². The SMILES string of the molecule is O=C(/C=C/c1ccccc1)NCCc1nc(C2CC2)cc(C(F)(F)F)n1. The van der Waals surface area contributed by atoms with Gasteiger partial charge in [-0.3, -0.25) is 4.79 Å². The van der Waals surface area contributed by atoms with Crippen LogP contribution in [0.5, 0.6) is 0 Å². The van der Waals surface area contributed by atoms with Gasteiger partial charge in [0.05, 0.1) is 0 Å². The van der Waals surface area contributed by atoms with Gasteiger partial charge in [0, 0.05) is 30.7 Å². The van der Waals surface area contributed by atoms with E-state index >= 15 is 0 Å². The summed E-state index contributed by atoms with van der Waals surface area (Å²) in [4.78, 5) is 19.6. The first-order valence-corrected chi connectivity index (χ1v) is 8.38. The van der Waals surface area contributed by atoms with E-state index in [0.717, 1.165) is 24.5 Å². The molecule has 26 heavy (non-hydrogen) atoms. The second-order valence-electron chi connectivity index (χ2n) is 6.15. The van der Waals surface area contributed by atoms with E-state index in [9.17, 15) is 18.0 Å². The smallest absolute Gasteiger partial charge is 0.352 e. The Morgan fingerprint density at radius 1 is 1.19 bits per heavy atom. The highest BCUT2D eigenvalue weighted by Gasteiger charge is 2.35. The molecule has 7 heteroatoms. The Bertz CT molecular complexity index is 799. The summed E-state index contributed by atoms with van der Waals surface area (Å²) in [6, 6.07) is 10.4. The summed E-state index contributed by atoms with van der Waals surface area (Å²) in [6.07, 6.45) is 0.417. The largest absolute Gasteiger partial charge is 0.433 e. The first-order valence-electron chi connectivity index (χ1n) is 8.38. The molecule has 1 saturated carbocycles. The minimum atomic E-state index is -4.50. The molecule has 0 unspecified atom stereocenters. The second-order valence-corrected chi connectivity index (χ2v) is 6.15. The standard InChI is InChI=1S/C19H18F3N3O/c20-19(21,22)16-12-15(14-7-8-14)24-17(25-16)10-11-23-18(26)9-6-13-4-2-1-3-5-13/h1-6,9,12,14H,7-8,10-11H2,(H,23,26)/b9-6+. The van der Waals surface area contributed by atoms with Crippen molar-refractivity contribution in [3.8, 4) is 0 Å². The van der Waals surface area contributed by atoms with Crippen molar-refractivity contribution in [2.45, 2.75) is 31.4 Å². The molecule has 0 spiro atoms. The molecule has 0 radical (unpaired) electrons. The van der Waals surface area contributed by atoms with E-state index < -0.39 is 11.9 Å². The van der Waals surface area contributed by atoms with Crippen molar-refractivity contribution >= 4 is 12.0 Å². The van der Waals surface area contributed by atoms with Gasteiger partial charge in [-0.25, -0.2) is 9.97 Å². The van der Waals surface area contributed by atoms with E-state index in [1.807, 2.05) is 30.3 Å². The third-order valence-corrected chi connectivity index (χ3v) is 3.95. The van der Waals surface area contributed by atoms with Gasteiger partial charge in [0.1, 0.15) is 11.5 Å². The molecule has 2 aromatic rings. The van der Waals surface area contributed by atoms with Crippen LogP contribution >= 0.6 is 0 Å². The Kier molecular flexibility index (Phi) is 5.35. The number of nitrogens with zero attached hydrogens (tertiary/aromatic N) is 2. The summed E-state index contributed by atoms with van der Waals surface area (Å²) >= 11 is 0. The fourth-order valence-corrected chi connectivity index (χ4v) is 2.46. The molecule has 1 aromatic carbocycles. The van der Waals surface area contributed by atoms with Gasteiger partial charge in [-0.15, -0.1) is 0 Å². The molecule has 1 aliphatic rings. The lowest BCUT2D eigenvalue weighted by atomic mass is 10.2. The number of nitrogens with one attached hydrogen (secondary N) is 1. The monoisotopic (exact) mass is 361 g/mol. The topological polar surface area (TPSA) is 54.9 Å². The maximum Gasteiger partial charge on any atom is 0.433 e. The number of hydrogen-bond acceptors (Lipinski definition) is 3. The number of alkyl halides is 3. The van der Waals surface area contributed by atoms with E-state index in [2.05, 4.69) is 15.3 Å². The normalized spacial score (nSPS) is 14.6. The summed E-state index contributed by atoms with van der Waals surface area (Å²) in [5, 5.41) is 2.64. The van der Waals surface area contributed by atoms with Crippen LogP contribution in [0.1, 0.15) is 41.5 Å². The predicted octanol–water partition coefficient (Wildman–Crippen LogP) is 3.74. The highest BCUT2D eigenvalue weighted by Crippen LogP contribution is 2.40. The highest BCUT2D eigenvalue weighted by molar-refractivity contribution is 5.91. The molecule has 1 N–H and O–H groups in total. The summed E-state index contributed by atoms with van der Waals surface area (Å²) < 4.78 is 38.9. The molecule has 3 rings (SSSR count). The fourth-order valence-electron chi connectivity index (χ4n) is 2.46. The summed E-state index contributed by atoms with van der Waals surface area (Å²) in [6.45, 7) is 0.170. The molecule has 0 bridgehead atoms. The van der Waals surface area contributed by atoms with Crippen LogP contribution in [0.25, 0.3) is 6.08 Å². The first kappa shape index (κ1) is 18.1. The minimum Gasteiger partial charge on any atom is -0.352 e. The Hall–Kier alpha value is -2.70. The van der Waals surface area contributed by atoms with Crippen molar-refractivity contribution in [2.24, 2.45) is 0 Å². The van der Waals surface area contributed by atoms with Gasteiger partial charge in [0.25, 0.3) is 0 Å². The summed E-state index contributed by atoms with van der Waals surface area (Å²) in [5.74, 6) is -0.112. The van der Waals surface area contributed by atoms with E-state index in [0.29, 0.717) is 5.69 Å². The molecular weight excluding hydrogens is 343 g/mol. The Morgan fingerprint density at radius 2 is 1.92 bits per heavy atom. The number of amides is 1. The average molecular weight is 361 g/mol. The number of halogens is 3. The van der Waals surface area contributed by atoms with E-state index in [4.69, 9.17) is 0 Å². The van der Waals surface area contributed by atoms with E-state index in [1.54, 1.807) is 6.08 Å². The lowest BCUT2D eigenvalue weighted by Crippen LogP contribution is -2.24. The Morgan fingerprint density at radius 3 is 2.58 bits per heavy atom. The molecule has 0 saturated heterocycles. The molecule has 136 valence electrons. The molecular formula is C19H18F3N3O. The number of rotatable bonds is 6. The molecule has 1 heterocycles. The lowest BCUT2D eigenvalue weighted by molar-refractivity contribution is -0.141. The van der Waals surface area contributed by atoms with Gasteiger partial charge >= 0.3 is 6.18 Å². The first-order chi connectivity index (χ1) is 12.4. The quantitative estimate of drug-likeness (QED) is 0.798. The van der Waals surface area contributed by atoms with Crippen molar-refractivity contribution in [1.82, 2.24) is 15.3 Å². The Balaban J connectivity index is 1.58. The van der Waals surface area contributed by atoms with Crippen LogP contribution < -0.4 is 5.32 Å². The molecule has 1 amide bonds. The van der Waals surface area contributed by atoms with Gasteiger partial charge in [-0.05, 0) is 30.5 Å². The number of aromatic nitrogens is 2. The van der Waals surface area contributed by atoms with Gasteiger partial charge < -0.3 is 5.32 Å². The van der Waals surface area contributed by atoms with Crippen LogP contribution in [0.4, 0.5) is 13.2 Å². The second kappa shape index (κ2) is 7.68. The lowest BCUT2D eigenvalue weighted by Gasteiger charge is -2.10. The average Bonchev–Trinajstić information content (AvgIpc) is 3.45. The Labute approximate surface area is 149 Å². The van der Waals surface area contributed by atoms with Gasteiger partial charge in [0.2, 0.25) is 5.91 Å². The molecule has 4 nitrogen and oxygen atoms in total. The van der Waals surface area contributed by atoms with Crippen LogP contribution in [0, 0.1) is 0 Å². The zero-order valence-corrected chi connectivity index (χ0v) is 14.0. The number of hydrogen-bond donors (Lipinski definition) is 1. The molecule has 1 aromatic heterocycles. The van der Waals surface area contributed by atoms with Crippen LogP contribution in [0.2, 0.25) is 0 Å². The van der Waals surface area contributed by atoms with E-state index in [-0.39, 0.29) is 30.6 Å². The van der Waals surface area contributed by atoms with Crippen LogP contribution in [0.15, 0.2) is 42.5 Å². The van der Waals surface area contributed by atoms with Gasteiger partial charge in [-0.1, -0.05) is 30.3 Å². The molecule has 1 aliphatic carbocycles. The zero-order valence-electron chi connectivity index (χ0n) is 14.0. The highest BCUT2D eigenvalue weighted by atomic mass is 19.4. The van der Waals surface area contributed by atoms with Crippen molar-refractivity contribution in [3.05, 3.63) is 65.2 Å². The third-order valence-electron chi connectivity index (χ3n) is 3.95. The zero-order chi connectivity index (χ0) is 18.6.